The summed E-state index contributed by atoms with van der Waals surface area (Å²) in [6, 6.07) is 12.1. The van der Waals surface area contributed by atoms with Crippen molar-refractivity contribution in [3.8, 4) is 5.75 Å². The van der Waals surface area contributed by atoms with Crippen molar-refractivity contribution in [1.29, 1.82) is 0 Å². The van der Waals surface area contributed by atoms with Gasteiger partial charge in [0.2, 0.25) is 0 Å². The van der Waals surface area contributed by atoms with E-state index in [0.717, 1.165) is 9.13 Å². The Balaban J connectivity index is 2.17. The van der Waals surface area contributed by atoms with Gasteiger partial charge < -0.3 is 16.2 Å². The van der Waals surface area contributed by atoms with Crippen LogP contribution in [0, 0.1) is 3.57 Å². The maximum Gasteiger partial charge on any atom is 0.255 e. The molecule has 4 nitrogen and oxygen atoms in total. The molecule has 2 aromatic rings. The van der Waals surface area contributed by atoms with Gasteiger partial charge in [0.1, 0.15) is 5.75 Å². The summed E-state index contributed by atoms with van der Waals surface area (Å²) < 4.78 is 0.891. The Morgan fingerprint density at radius 2 is 2.05 bits per heavy atom. The molecular weight excluding hydrogens is 367 g/mol. The van der Waals surface area contributed by atoms with Gasteiger partial charge >= 0.3 is 0 Å². The SMILES string of the molecule is CC(NC(=O)c1cc(I)ccc1O)c1cccc(N)c1. The standard InChI is InChI=1S/C15H15IN2O2/c1-9(10-3-2-4-12(17)7-10)18-15(20)13-8-11(16)5-6-14(13)19/h2-9,19H,17H2,1H3,(H,18,20). The predicted molar refractivity (Wildman–Crippen MR) is 87.6 cm³/mol. The number of halogens is 1. The Kier molecular flexibility index (Phi) is 4.49. The molecule has 1 amide bonds. The first-order valence-electron chi connectivity index (χ1n) is 6.12. The van der Waals surface area contributed by atoms with E-state index in [4.69, 9.17) is 5.73 Å². The number of nitrogens with one attached hydrogen (secondary N) is 1. The number of carbonyl (C=O) groups is 1. The molecule has 1 atom stereocenters. The summed E-state index contributed by atoms with van der Waals surface area (Å²) in [4.78, 5) is 12.2. The van der Waals surface area contributed by atoms with Gasteiger partial charge in [0.05, 0.1) is 11.6 Å². The van der Waals surface area contributed by atoms with E-state index in [2.05, 4.69) is 27.9 Å². The molecule has 0 aromatic heterocycles. The molecule has 0 radical (unpaired) electrons. The van der Waals surface area contributed by atoms with Gasteiger partial charge in [-0.05, 0) is 65.4 Å². The van der Waals surface area contributed by atoms with Gasteiger partial charge in [-0.2, -0.15) is 0 Å². The van der Waals surface area contributed by atoms with E-state index < -0.39 is 0 Å². The number of hydrogen-bond donors (Lipinski definition) is 3. The molecular formula is C15H15IN2O2. The number of rotatable bonds is 3. The van der Waals surface area contributed by atoms with Gasteiger partial charge in [0, 0.05) is 9.26 Å². The van der Waals surface area contributed by atoms with E-state index in [1.165, 1.54) is 6.07 Å². The molecule has 0 heterocycles. The third-order valence-corrected chi connectivity index (χ3v) is 3.63. The van der Waals surface area contributed by atoms with Crippen molar-refractivity contribution >= 4 is 34.2 Å². The van der Waals surface area contributed by atoms with Gasteiger partial charge in [-0.1, -0.05) is 12.1 Å². The van der Waals surface area contributed by atoms with E-state index >= 15 is 0 Å². The minimum atomic E-state index is -0.309. The fourth-order valence-electron chi connectivity index (χ4n) is 1.88. The maximum atomic E-state index is 12.2. The lowest BCUT2D eigenvalue weighted by molar-refractivity contribution is 0.0937. The number of nitrogens with two attached hydrogens (primary N) is 1. The lowest BCUT2D eigenvalue weighted by Crippen LogP contribution is -2.26. The number of aromatic hydroxyl groups is 1. The van der Waals surface area contributed by atoms with Crippen LogP contribution in [-0.2, 0) is 0 Å². The molecule has 104 valence electrons. The van der Waals surface area contributed by atoms with Crippen molar-refractivity contribution < 1.29 is 9.90 Å². The Hall–Kier alpha value is -1.76. The molecule has 0 spiro atoms. The van der Waals surface area contributed by atoms with Crippen molar-refractivity contribution in [2.45, 2.75) is 13.0 Å². The van der Waals surface area contributed by atoms with Crippen LogP contribution in [0.1, 0.15) is 28.9 Å². The fourth-order valence-corrected chi connectivity index (χ4v) is 2.37. The minimum absolute atomic E-state index is 0.0253. The number of phenols is 1. The molecule has 20 heavy (non-hydrogen) atoms. The number of nitrogen functional groups attached to an aromatic ring is 1. The smallest absolute Gasteiger partial charge is 0.255 e. The number of phenolic OH excluding ortho intramolecular Hbond substituents is 1. The molecule has 0 saturated carbocycles. The van der Waals surface area contributed by atoms with Gasteiger partial charge in [-0.25, -0.2) is 0 Å². The van der Waals surface area contributed by atoms with Gasteiger partial charge in [-0.15, -0.1) is 0 Å². The van der Waals surface area contributed by atoms with Crippen LogP contribution < -0.4 is 11.1 Å². The predicted octanol–water partition coefficient (Wildman–Crippen LogP) is 3.07. The maximum absolute atomic E-state index is 12.2. The molecule has 1 unspecified atom stereocenters. The summed E-state index contributed by atoms with van der Waals surface area (Å²) in [5.41, 5.74) is 7.57. The lowest BCUT2D eigenvalue weighted by Gasteiger charge is -2.15. The molecule has 4 N–H and O–H groups in total. The van der Waals surface area contributed by atoms with Crippen molar-refractivity contribution in [3.63, 3.8) is 0 Å². The van der Waals surface area contributed by atoms with Crippen molar-refractivity contribution in [2.24, 2.45) is 0 Å². The van der Waals surface area contributed by atoms with Crippen LogP contribution in [-0.4, -0.2) is 11.0 Å². The van der Waals surface area contributed by atoms with Gasteiger partial charge in [0.15, 0.2) is 0 Å². The van der Waals surface area contributed by atoms with Crippen LogP contribution in [0.3, 0.4) is 0 Å². The Bertz CT molecular complexity index is 644. The van der Waals surface area contributed by atoms with Crippen LogP contribution in [0.2, 0.25) is 0 Å². The first-order valence-corrected chi connectivity index (χ1v) is 7.20. The molecule has 0 bridgehead atoms. The zero-order valence-electron chi connectivity index (χ0n) is 10.9. The summed E-state index contributed by atoms with van der Waals surface area (Å²) in [5.74, 6) is -0.335. The summed E-state index contributed by atoms with van der Waals surface area (Å²) in [6.07, 6.45) is 0. The van der Waals surface area contributed by atoms with Crippen LogP contribution in [0.15, 0.2) is 42.5 Å². The van der Waals surface area contributed by atoms with E-state index in [9.17, 15) is 9.90 Å². The average molecular weight is 382 g/mol. The molecule has 0 fully saturated rings. The summed E-state index contributed by atoms with van der Waals surface area (Å²) in [6.45, 7) is 1.87. The number of amides is 1. The van der Waals surface area contributed by atoms with E-state index in [0.29, 0.717) is 5.69 Å². The van der Waals surface area contributed by atoms with E-state index in [1.807, 2.05) is 25.1 Å². The topological polar surface area (TPSA) is 75.3 Å². The summed E-state index contributed by atoms with van der Waals surface area (Å²) in [5, 5.41) is 12.6. The zero-order chi connectivity index (χ0) is 14.7. The van der Waals surface area contributed by atoms with Crippen molar-refractivity contribution in [2.75, 3.05) is 5.73 Å². The third kappa shape index (κ3) is 3.41. The second kappa shape index (κ2) is 6.13. The number of benzene rings is 2. The number of hydrogen-bond acceptors (Lipinski definition) is 3. The zero-order valence-corrected chi connectivity index (χ0v) is 13.1. The third-order valence-electron chi connectivity index (χ3n) is 2.96. The quantitative estimate of drug-likeness (QED) is 0.564. The van der Waals surface area contributed by atoms with E-state index in [-0.39, 0.29) is 23.3 Å². The molecule has 0 aliphatic carbocycles. The highest BCUT2D eigenvalue weighted by Gasteiger charge is 2.15. The largest absolute Gasteiger partial charge is 0.507 e. The Morgan fingerprint density at radius 1 is 1.30 bits per heavy atom. The minimum Gasteiger partial charge on any atom is -0.507 e. The normalized spacial score (nSPS) is 11.9. The van der Waals surface area contributed by atoms with Crippen LogP contribution >= 0.6 is 22.6 Å². The van der Waals surface area contributed by atoms with Gasteiger partial charge in [0.25, 0.3) is 5.91 Å². The second-order valence-electron chi connectivity index (χ2n) is 4.53. The van der Waals surface area contributed by atoms with Crippen molar-refractivity contribution in [1.82, 2.24) is 5.32 Å². The van der Waals surface area contributed by atoms with Crippen molar-refractivity contribution in [3.05, 3.63) is 57.2 Å². The first-order chi connectivity index (χ1) is 9.47. The Labute approximate surface area is 131 Å². The highest BCUT2D eigenvalue weighted by atomic mass is 127. The second-order valence-corrected chi connectivity index (χ2v) is 5.77. The molecule has 0 aliphatic rings. The fraction of sp³-hybridized carbons (Fsp3) is 0.133. The van der Waals surface area contributed by atoms with Crippen LogP contribution in [0.25, 0.3) is 0 Å². The average Bonchev–Trinajstić information content (AvgIpc) is 2.41. The molecule has 2 aromatic carbocycles. The first kappa shape index (κ1) is 14.6. The lowest BCUT2D eigenvalue weighted by atomic mass is 10.1. The van der Waals surface area contributed by atoms with E-state index in [1.54, 1.807) is 18.2 Å². The molecule has 5 heteroatoms. The summed E-state index contributed by atoms with van der Waals surface area (Å²) in [7, 11) is 0. The molecule has 0 aliphatic heterocycles. The monoisotopic (exact) mass is 382 g/mol. The van der Waals surface area contributed by atoms with Crippen LogP contribution in [0.5, 0.6) is 5.75 Å². The highest BCUT2D eigenvalue weighted by Crippen LogP contribution is 2.21. The van der Waals surface area contributed by atoms with Gasteiger partial charge in [-0.3, -0.25) is 4.79 Å². The summed E-state index contributed by atoms with van der Waals surface area (Å²) >= 11 is 2.10. The Morgan fingerprint density at radius 3 is 2.75 bits per heavy atom. The van der Waals surface area contributed by atoms with Crippen LogP contribution in [0.4, 0.5) is 5.69 Å². The number of carbonyl (C=O) groups excluding carboxylic acids is 1. The number of anilines is 1. The molecule has 2 rings (SSSR count). The molecule has 0 saturated heterocycles. The highest BCUT2D eigenvalue weighted by molar-refractivity contribution is 14.1.